The van der Waals surface area contributed by atoms with Gasteiger partial charge < -0.3 is 16.4 Å². The predicted octanol–water partition coefficient (Wildman–Crippen LogP) is 3.96. The molecule has 6 N–H and O–H groups in total. The average molecular weight is 514 g/mol. The van der Waals surface area contributed by atoms with Crippen LogP contribution in [0.3, 0.4) is 0 Å². The Morgan fingerprint density at radius 3 is 2.42 bits per heavy atom. The van der Waals surface area contributed by atoms with E-state index in [0.717, 1.165) is 12.3 Å². The quantitative estimate of drug-likeness (QED) is 0.177. The minimum Gasteiger partial charge on any atom is -0.330 e. The van der Waals surface area contributed by atoms with Crippen LogP contribution in [-0.4, -0.2) is 29.1 Å². The molecule has 3 aromatic rings. The van der Waals surface area contributed by atoms with E-state index in [4.69, 9.17) is 5.73 Å². The van der Waals surface area contributed by atoms with E-state index in [1.54, 1.807) is 0 Å². The molecule has 14 heteroatoms. The number of aromatic amines is 1. The lowest BCUT2D eigenvalue weighted by molar-refractivity contribution is -0.138. The second-order valence-electron chi connectivity index (χ2n) is 7.49. The highest BCUT2D eigenvalue weighted by atomic mass is 19.4. The molecular formula is C22H20F6N6O2. The van der Waals surface area contributed by atoms with Gasteiger partial charge in [-0.2, -0.15) is 13.2 Å². The van der Waals surface area contributed by atoms with Crippen molar-refractivity contribution in [2.45, 2.75) is 19.1 Å². The van der Waals surface area contributed by atoms with Crippen molar-refractivity contribution in [2.24, 2.45) is 5.73 Å². The summed E-state index contributed by atoms with van der Waals surface area (Å²) in [5.74, 6) is -4.54. The van der Waals surface area contributed by atoms with Crippen LogP contribution in [0.5, 0.6) is 0 Å². The van der Waals surface area contributed by atoms with Gasteiger partial charge in [-0.15, -0.1) is 0 Å². The molecule has 0 unspecified atom stereocenters. The van der Waals surface area contributed by atoms with Gasteiger partial charge >= 0.3 is 12.2 Å². The van der Waals surface area contributed by atoms with E-state index >= 15 is 0 Å². The number of carbonyl (C=O) groups is 1. The average Bonchev–Trinajstić information content (AvgIpc) is 2.80. The van der Waals surface area contributed by atoms with E-state index in [2.05, 4.69) is 20.6 Å². The molecule has 0 aliphatic rings. The van der Waals surface area contributed by atoms with Gasteiger partial charge in [-0.1, -0.05) is 12.1 Å². The van der Waals surface area contributed by atoms with Gasteiger partial charge in [0.15, 0.2) is 11.6 Å². The third kappa shape index (κ3) is 6.60. The summed E-state index contributed by atoms with van der Waals surface area (Å²) in [6.07, 6.45) is -3.15. The highest BCUT2D eigenvalue weighted by Crippen LogP contribution is 2.34. The largest absolute Gasteiger partial charge is 0.416 e. The maximum Gasteiger partial charge on any atom is 0.416 e. The number of nitrogens with zero attached hydrogens (tertiary/aromatic N) is 1. The van der Waals surface area contributed by atoms with Crippen LogP contribution in [0.15, 0.2) is 41.3 Å². The van der Waals surface area contributed by atoms with Gasteiger partial charge in [-0.05, 0) is 36.7 Å². The van der Waals surface area contributed by atoms with Gasteiger partial charge in [-0.25, -0.2) is 22.9 Å². The first-order valence-electron chi connectivity index (χ1n) is 10.4. The lowest BCUT2D eigenvalue weighted by Gasteiger charge is -2.15. The van der Waals surface area contributed by atoms with E-state index in [9.17, 15) is 35.9 Å². The minimum absolute atomic E-state index is 0.0212. The number of anilines is 2. The second kappa shape index (κ2) is 11.2. The molecule has 8 nitrogen and oxygen atoms in total. The lowest BCUT2D eigenvalue weighted by atomic mass is 10.00. The Kier molecular flexibility index (Phi) is 8.32. The van der Waals surface area contributed by atoms with E-state index < -0.39 is 52.4 Å². The second-order valence-corrected chi connectivity index (χ2v) is 7.49. The summed E-state index contributed by atoms with van der Waals surface area (Å²) < 4.78 is 80.8. The Bertz CT molecular complexity index is 1310. The fourth-order valence-electron chi connectivity index (χ4n) is 3.16. The molecule has 0 aliphatic carbocycles. The van der Waals surface area contributed by atoms with Gasteiger partial charge in [-0.3, -0.25) is 15.1 Å². The molecule has 1 aromatic heterocycles. The fraction of sp³-hybridized carbons (Fsp3) is 0.227. The van der Waals surface area contributed by atoms with Crippen molar-refractivity contribution >= 4 is 17.7 Å². The number of aromatic nitrogens is 2. The summed E-state index contributed by atoms with van der Waals surface area (Å²) in [5, 5.41) is 6.84. The molecule has 0 spiro atoms. The van der Waals surface area contributed by atoms with Crippen LogP contribution in [0.1, 0.15) is 17.5 Å². The predicted molar refractivity (Wildman–Crippen MR) is 120 cm³/mol. The Hall–Kier alpha value is -3.91. The molecule has 2 aromatic carbocycles. The van der Waals surface area contributed by atoms with Gasteiger partial charge in [0.05, 0.1) is 16.8 Å². The summed E-state index contributed by atoms with van der Waals surface area (Å²) in [5.41, 5.74) is 2.58. The first kappa shape index (κ1) is 26.7. The standard InChI is InChI=1S/C22H20F6N6O2/c23-15-7-17(25)18(8-16(15)24)32-21(36)34-20-31-10-13(19(35)33-20)11-2-3-12(9-30-5-1-4-29)14(6-11)22(26,27)28/h2-3,6-8,10,30H,1,4-5,9,29H2,(H3,31,32,33,34,35,36). The molecule has 0 fully saturated rings. The third-order valence-electron chi connectivity index (χ3n) is 4.89. The van der Waals surface area contributed by atoms with Gasteiger partial charge in [0.1, 0.15) is 5.82 Å². The number of nitrogens with one attached hydrogen (secondary N) is 4. The molecule has 36 heavy (non-hydrogen) atoms. The molecule has 0 radical (unpaired) electrons. The van der Waals surface area contributed by atoms with Gasteiger partial charge in [0.2, 0.25) is 5.95 Å². The highest BCUT2D eigenvalue weighted by Gasteiger charge is 2.33. The zero-order chi connectivity index (χ0) is 26.5. The van der Waals surface area contributed by atoms with Crippen LogP contribution in [0.2, 0.25) is 0 Å². The van der Waals surface area contributed by atoms with Crippen molar-refractivity contribution in [1.82, 2.24) is 15.3 Å². The maximum atomic E-state index is 13.7. The normalized spacial score (nSPS) is 11.4. The Labute approximate surface area is 199 Å². The van der Waals surface area contributed by atoms with Crippen LogP contribution in [0.25, 0.3) is 11.1 Å². The van der Waals surface area contributed by atoms with Crippen molar-refractivity contribution in [3.8, 4) is 11.1 Å². The van der Waals surface area contributed by atoms with Crippen molar-refractivity contribution < 1.29 is 31.1 Å². The number of alkyl halides is 3. The molecule has 3 rings (SSSR count). The van der Waals surface area contributed by atoms with E-state index in [0.29, 0.717) is 25.6 Å². The minimum atomic E-state index is -4.68. The van der Waals surface area contributed by atoms with E-state index in [-0.39, 0.29) is 29.3 Å². The fourth-order valence-corrected chi connectivity index (χ4v) is 3.16. The SMILES string of the molecule is NCCCNCc1ccc(-c2cnc(NC(=O)Nc3cc(F)c(F)cc3F)[nH]c2=O)cc1C(F)(F)F. The lowest BCUT2D eigenvalue weighted by Crippen LogP contribution is -2.24. The van der Waals surface area contributed by atoms with Crippen molar-refractivity contribution in [1.29, 1.82) is 0 Å². The molecule has 0 aliphatic heterocycles. The Balaban J connectivity index is 1.78. The molecule has 0 saturated heterocycles. The zero-order valence-corrected chi connectivity index (χ0v) is 18.4. The molecule has 1 heterocycles. The number of amides is 2. The third-order valence-corrected chi connectivity index (χ3v) is 4.89. The molecular weight excluding hydrogens is 494 g/mol. The molecule has 0 atom stereocenters. The maximum absolute atomic E-state index is 13.7. The van der Waals surface area contributed by atoms with Crippen molar-refractivity contribution in [3.05, 3.63) is 75.5 Å². The van der Waals surface area contributed by atoms with Gasteiger partial charge in [0, 0.05) is 24.9 Å². The van der Waals surface area contributed by atoms with Crippen molar-refractivity contribution in [3.63, 3.8) is 0 Å². The van der Waals surface area contributed by atoms with Gasteiger partial charge in [0.25, 0.3) is 5.56 Å². The van der Waals surface area contributed by atoms with E-state index in [1.807, 2.05) is 5.32 Å². The first-order valence-corrected chi connectivity index (χ1v) is 10.4. The number of H-pyrrole nitrogens is 1. The number of urea groups is 1. The first-order chi connectivity index (χ1) is 17.0. The number of rotatable bonds is 8. The van der Waals surface area contributed by atoms with Crippen molar-refractivity contribution in [2.75, 3.05) is 23.7 Å². The summed E-state index contributed by atoms with van der Waals surface area (Å²) in [6, 6.07) is 2.88. The molecule has 2 amide bonds. The molecule has 0 saturated carbocycles. The number of hydrogen-bond donors (Lipinski definition) is 5. The van der Waals surface area contributed by atoms with Crippen LogP contribution in [-0.2, 0) is 12.7 Å². The number of hydrogen-bond acceptors (Lipinski definition) is 5. The van der Waals surface area contributed by atoms with Crippen LogP contribution >= 0.6 is 0 Å². The number of nitrogens with two attached hydrogens (primary N) is 1. The number of halogens is 6. The molecule has 0 bridgehead atoms. The Morgan fingerprint density at radius 1 is 1.03 bits per heavy atom. The highest BCUT2D eigenvalue weighted by molar-refractivity contribution is 5.98. The number of benzene rings is 2. The van der Waals surface area contributed by atoms with Crippen LogP contribution in [0, 0.1) is 17.5 Å². The number of carbonyl (C=O) groups excluding carboxylic acids is 1. The summed E-state index contributed by atoms with van der Waals surface area (Å²) >= 11 is 0. The summed E-state index contributed by atoms with van der Waals surface area (Å²) in [6.45, 7) is 0.770. The van der Waals surface area contributed by atoms with Crippen LogP contribution < -0.4 is 27.2 Å². The summed E-state index contributed by atoms with van der Waals surface area (Å²) in [4.78, 5) is 30.4. The molecule has 192 valence electrons. The van der Waals surface area contributed by atoms with Crippen LogP contribution in [0.4, 0.5) is 42.8 Å². The summed E-state index contributed by atoms with van der Waals surface area (Å²) in [7, 11) is 0. The monoisotopic (exact) mass is 514 g/mol. The zero-order valence-electron chi connectivity index (χ0n) is 18.4. The van der Waals surface area contributed by atoms with E-state index in [1.165, 1.54) is 12.1 Å². The topological polar surface area (TPSA) is 125 Å². The Morgan fingerprint density at radius 2 is 1.75 bits per heavy atom. The smallest absolute Gasteiger partial charge is 0.330 e.